The summed E-state index contributed by atoms with van der Waals surface area (Å²) in [6.45, 7) is 0. The standard InChI is InChI=1S/C24H12S5/c1-3-17(25-5-1)23-9-13-7-15-16-8-14-10-24(18-4-2-6-26-18)28-20(14)12-22(16)29-21(15)11-19(13)27-23/h1-12H. The molecule has 5 heterocycles. The summed E-state index contributed by atoms with van der Waals surface area (Å²) in [5.41, 5.74) is 0. The number of hydrogen-bond donors (Lipinski definition) is 0. The molecule has 0 amide bonds. The molecule has 0 atom stereocenters. The van der Waals surface area contributed by atoms with Gasteiger partial charge in [-0.05, 0) is 70.1 Å². The second kappa shape index (κ2) is 6.24. The van der Waals surface area contributed by atoms with E-state index in [1.165, 1.54) is 59.9 Å². The fraction of sp³-hybridized carbons (Fsp3) is 0. The molecule has 0 unspecified atom stereocenters. The molecule has 0 fully saturated rings. The van der Waals surface area contributed by atoms with Crippen molar-refractivity contribution in [1.82, 2.24) is 0 Å². The first-order valence-corrected chi connectivity index (χ1v) is 13.4. The van der Waals surface area contributed by atoms with Crippen molar-refractivity contribution in [2.45, 2.75) is 0 Å². The Kier molecular flexibility index (Phi) is 3.60. The van der Waals surface area contributed by atoms with Gasteiger partial charge < -0.3 is 0 Å². The van der Waals surface area contributed by atoms with E-state index in [4.69, 9.17) is 0 Å². The fourth-order valence-electron chi connectivity index (χ4n) is 3.93. The van der Waals surface area contributed by atoms with Gasteiger partial charge in [0.05, 0.1) is 0 Å². The van der Waals surface area contributed by atoms with Gasteiger partial charge in [0, 0.05) is 49.1 Å². The third kappa shape index (κ3) is 2.59. The Balaban J connectivity index is 1.46. The van der Waals surface area contributed by atoms with Gasteiger partial charge in [0.25, 0.3) is 0 Å². The van der Waals surface area contributed by atoms with Gasteiger partial charge in [-0.15, -0.1) is 56.7 Å². The van der Waals surface area contributed by atoms with Gasteiger partial charge in [0.1, 0.15) is 0 Å². The average molecular weight is 461 g/mol. The van der Waals surface area contributed by atoms with E-state index in [0.717, 1.165) is 0 Å². The monoisotopic (exact) mass is 460 g/mol. The van der Waals surface area contributed by atoms with E-state index in [9.17, 15) is 0 Å². The maximum absolute atomic E-state index is 2.40. The maximum atomic E-state index is 2.40. The largest absolute Gasteiger partial charge is 0.143 e. The Morgan fingerprint density at radius 3 is 1.41 bits per heavy atom. The summed E-state index contributed by atoms with van der Waals surface area (Å²) in [7, 11) is 0. The molecule has 0 aliphatic heterocycles. The molecule has 0 aliphatic rings. The molecule has 5 heteroatoms. The summed E-state index contributed by atoms with van der Waals surface area (Å²) < 4.78 is 5.55. The zero-order valence-electron chi connectivity index (χ0n) is 15.0. The van der Waals surface area contributed by atoms with Crippen molar-refractivity contribution in [2.24, 2.45) is 0 Å². The fourth-order valence-corrected chi connectivity index (χ4v) is 9.04. The lowest BCUT2D eigenvalue weighted by atomic mass is 10.1. The predicted octanol–water partition coefficient (Wildman–Crippen LogP) is 9.94. The summed E-state index contributed by atoms with van der Waals surface area (Å²) >= 11 is 9.37. The first-order valence-electron chi connectivity index (χ1n) is 9.23. The molecule has 0 spiro atoms. The van der Waals surface area contributed by atoms with Gasteiger partial charge in [0.2, 0.25) is 0 Å². The lowest BCUT2D eigenvalue weighted by molar-refractivity contribution is 1.95. The van der Waals surface area contributed by atoms with Gasteiger partial charge in [-0.3, -0.25) is 0 Å². The molecule has 0 saturated heterocycles. The lowest BCUT2D eigenvalue weighted by Gasteiger charge is -1.94. The molecule has 7 rings (SSSR count). The van der Waals surface area contributed by atoms with Crippen molar-refractivity contribution in [2.75, 3.05) is 0 Å². The SMILES string of the molecule is c1csc(-c2cc3cc4c(cc3s2)sc2cc3sc(-c5cccs5)cc3cc24)c1. The van der Waals surface area contributed by atoms with E-state index in [2.05, 4.69) is 71.4 Å². The first-order chi connectivity index (χ1) is 14.3. The highest BCUT2D eigenvalue weighted by molar-refractivity contribution is 7.28. The van der Waals surface area contributed by atoms with Crippen LogP contribution in [-0.4, -0.2) is 0 Å². The molecule has 0 bridgehead atoms. The number of hydrogen-bond acceptors (Lipinski definition) is 5. The number of rotatable bonds is 2. The van der Waals surface area contributed by atoms with E-state index in [1.807, 2.05) is 56.7 Å². The van der Waals surface area contributed by atoms with Crippen molar-refractivity contribution in [3.05, 3.63) is 71.4 Å². The third-order valence-corrected chi connectivity index (χ3v) is 10.7. The highest BCUT2D eigenvalue weighted by atomic mass is 32.1. The van der Waals surface area contributed by atoms with E-state index in [-0.39, 0.29) is 0 Å². The zero-order chi connectivity index (χ0) is 18.9. The van der Waals surface area contributed by atoms with E-state index < -0.39 is 0 Å². The summed E-state index contributed by atoms with van der Waals surface area (Å²) in [6.07, 6.45) is 0. The predicted molar refractivity (Wildman–Crippen MR) is 137 cm³/mol. The van der Waals surface area contributed by atoms with Crippen LogP contribution in [0, 0.1) is 0 Å². The minimum absolute atomic E-state index is 1.36. The van der Waals surface area contributed by atoms with Crippen LogP contribution in [0.2, 0.25) is 0 Å². The normalized spacial score (nSPS) is 12.1. The van der Waals surface area contributed by atoms with Crippen LogP contribution in [0.5, 0.6) is 0 Å². The lowest BCUT2D eigenvalue weighted by Crippen LogP contribution is -1.67. The quantitative estimate of drug-likeness (QED) is 0.241. The summed E-state index contributed by atoms with van der Waals surface area (Å²) in [5, 5.41) is 9.80. The van der Waals surface area contributed by atoms with E-state index in [1.54, 1.807) is 0 Å². The summed E-state index contributed by atoms with van der Waals surface area (Å²) in [6, 6.07) is 23.0. The zero-order valence-corrected chi connectivity index (χ0v) is 19.1. The number of thiophene rings is 5. The van der Waals surface area contributed by atoms with Crippen molar-refractivity contribution in [1.29, 1.82) is 0 Å². The minimum Gasteiger partial charge on any atom is -0.143 e. The molecule has 5 aromatic heterocycles. The topological polar surface area (TPSA) is 0 Å². The Labute approximate surface area is 186 Å². The molecular weight excluding hydrogens is 449 g/mol. The van der Waals surface area contributed by atoms with Gasteiger partial charge in [0.15, 0.2) is 0 Å². The molecule has 7 aromatic rings. The minimum atomic E-state index is 1.36. The van der Waals surface area contributed by atoms with Crippen LogP contribution in [0.4, 0.5) is 0 Å². The second-order valence-electron chi connectivity index (χ2n) is 7.05. The van der Waals surface area contributed by atoms with Crippen LogP contribution in [-0.2, 0) is 0 Å². The average Bonchev–Trinajstić information content (AvgIpc) is 3.54. The third-order valence-electron chi connectivity index (χ3n) is 5.28. The number of benzene rings is 2. The molecule has 29 heavy (non-hydrogen) atoms. The highest BCUT2D eigenvalue weighted by Gasteiger charge is 2.13. The Hall–Kier alpha value is -2.02. The Bertz CT molecular complexity index is 1510. The highest BCUT2D eigenvalue weighted by Crippen LogP contribution is 2.44. The molecule has 0 saturated carbocycles. The molecule has 0 nitrogen and oxygen atoms in total. The van der Waals surface area contributed by atoms with E-state index >= 15 is 0 Å². The van der Waals surface area contributed by atoms with Crippen LogP contribution in [0.25, 0.3) is 59.9 Å². The molecule has 0 radical (unpaired) electrons. The van der Waals surface area contributed by atoms with Crippen LogP contribution in [0.1, 0.15) is 0 Å². The second-order valence-corrected chi connectivity index (χ2v) is 12.2. The van der Waals surface area contributed by atoms with Gasteiger partial charge in [-0.2, -0.15) is 0 Å². The van der Waals surface area contributed by atoms with E-state index in [0.29, 0.717) is 0 Å². The Morgan fingerprint density at radius 1 is 0.448 bits per heavy atom. The molecule has 0 N–H and O–H groups in total. The molecular formula is C24H12S5. The van der Waals surface area contributed by atoms with Crippen molar-refractivity contribution in [3.63, 3.8) is 0 Å². The maximum Gasteiger partial charge on any atom is 0.0455 e. The molecule has 2 aromatic carbocycles. The Morgan fingerprint density at radius 2 is 0.966 bits per heavy atom. The van der Waals surface area contributed by atoms with Crippen LogP contribution < -0.4 is 0 Å². The van der Waals surface area contributed by atoms with Crippen molar-refractivity contribution >= 4 is 97.0 Å². The van der Waals surface area contributed by atoms with Crippen molar-refractivity contribution < 1.29 is 0 Å². The molecule has 0 aliphatic carbocycles. The van der Waals surface area contributed by atoms with Crippen molar-refractivity contribution in [3.8, 4) is 19.5 Å². The first kappa shape index (κ1) is 16.7. The van der Waals surface area contributed by atoms with Crippen LogP contribution >= 0.6 is 56.7 Å². The summed E-state index contributed by atoms with van der Waals surface area (Å²) in [5.74, 6) is 0. The smallest absolute Gasteiger partial charge is 0.0455 e. The summed E-state index contributed by atoms with van der Waals surface area (Å²) in [4.78, 5) is 5.47. The van der Waals surface area contributed by atoms with Gasteiger partial charge in [-0.25, -0.2) is 0 Å². The van der Waals surface area contributed by atoms with Gasteiger partial charge >= 0.3 is 0 Å². The molecule has 138 valence electrons. The van der Waals surface area contributed by atoms with Gasteiger partial charge in [-0.1, -0.05) is 12.1 Å². The van der Waals surface area contributed by atoms with Crippen LogP contribution in [0.15, 0.2) is 71.4 Å². The number of fused-ring (bicyclic) bond motifs is 5. The van der Waals surface area contributed by atoms with Crippen LogP contribution in [0.3, 0.4) is 0 Å².